The minimum absolute atomic E-state index is 0.0665. The van der Waals surface area contributed by atoms with Gasteiger partial charge in [-0.1, -0.05) is 6.07 Å². The highest BCUT2D eigenvalue weighted by atomic mass is 19.3. The predicted molar refractivity (Wildman–Crippen MR) is 78.2 cm³/mol. The quantitative estimate of drug-likeness (QED) is 0.545. The van der Waals surface area contributed by atoms with Crippen molar-refractivity contribution in [3.8, 4) is 11.5 Å². The van der Waals surface area contributed by atoms with E-state index < -0.39 is 12.6 Å². The van der Waals surface area contributed by atoms with Crippen LogP contribution in [0.3, 0.4) is 0 Å². The minimum Gasteiger partial charge on any atom is -0.493 e. The van der Waals surface area contributed by atoms with Gasteiger partial charge in [0.15, 0.2) is 11.5 Å². The predicted octanol–water partition coefficient (Wildman–Crippen LogP) is 2.41. The van der Waals surface area contributed by atoms with E-state index in [0.717, 1.165) is 0 Å². The first kappa shape index (κ1) is 17.9. The van der Waals surface area contributed by atoms with Gasteiger partial charge in [0.05, 0.1) is 7.11 Å². The lowest BCUT2D eigenvalue weighted by Crippen LogP contribution is -2.19. The van der Waals surface area contributed by atoms with Crippen LogP contribution in [-0.4, -0.2) is 51.8 Å². The largest absolute Gasteiger partial charge is 0.493 e. The van der Waals surface area contributed by atoms with Crippen LogP contribution in [0.2, 0.25) is 0 Å². The molecule has 0 unspecified atom stereocenters. The normalized spacial score (nSPS) is 11.2. The number of benzene rings is 1. The molecule has 0 heterocycles. The SMILES string of the molecule is COc1cc(/C=C/C(=O)OCCN(C)C)ccc1OC(F)F. The zero-order valence-corrected chi connectivity index (χ0v) is 12.7. The average molecular weight is 315 g/mol. The summed E-state index contributed by atoms with van der Waals surface area (Å²) in [5.41, 5.74) is 0.600. The van der Waals surface area contributed by atoms with Gasteiger partial charge in [0, 0.05) is 12.6 Å². The molecule has 1 aromatic carbocycles. The first-order chi connectivity index (χ1) is 10.4. The van der Waals surface area contributed by atoms with Gasteiger partial charge >= 0.3 is 12.6 Å². The van der Waals surface area contributed by atoms with E-state index in [-0.39, 0.29) is 11.5 Å². The van der Waals surface area contributed by atoms with Crippen LogP contribution in [0.1, 0.15) is 5.56 Å². The maximum atomic E-state index is 12.2. The highest BCUT2D eigenvalue weighted by Crippen LogP contribution is 2.29. The van der Waals surface area contributed by atoms with E-state index in [0.29, 0.717) is 18.7 Å². The van der Waals surface area contributed by atoms with Gasteiger partial charge in [-0.3, -0.25) is 0 Å². The number of halogens is 2. The molecule has 0 spiro atoms. The highest BCUT2D eigenvalue weighted by Gasteiger charge is 2.10. The van der Waals surface area contributed by atoms with Crippen LogP contribution >= 0.6 is 0 Å². The minimum atomic E-state index is -2.93. The van der Waals surface area contributed by atoms with Crippen LogP contribution in [0.15, 0.2) is 24.3 Å². The Bertz CT molecular complexity index is 518. The lowest BCUT2D eigenvalue weighted by molar-refractivity contribution is -0.137. The summed E-state index contributed by atoms with van der Waals surface area (Å²) in [5, 5.41) is 0. The number of ether oxygens (including phenoxy) is 3. The fourth-order valence-corrected chi connectivity index (χ4v) is 1.52. The number of rotatable bonds is 8. The lowest BCUT2D eigenvalue weighted by atomic mass is 10.2. The molecule has 0 aliphatic heterocycles. The van der Waals surface area contributed by atoms with Crippen molar-refractivity contribution in [3.63, 3.8) is 0 Å². The molecule has 7 heteroatoms. The van der Waals surface area contributed by atoms with Crippen molar-refractivity contribution in [2.24, 2.45) is 0 Å². The Labute approximate surface area is 128 Å². The third-order valence-corrected chi connectivity index (χ3v) is 2.60. The number of carbonyl (C=O) groups is 1. The zero-order valence-electron chi connectivity index (χ0n) is 12.7. The Morgan fingerprint density at radius 3 is 2.64 bits per heavy atom. The van der Waals surface area contributed by atoms with Gasteiger partial charge in [0.25, 0.3) is 0 Å². The van der Waals surface area contributed by atoms with E-state index in [9.17, 15) is 13.6 Å². The summed E-state index contributed by atoms with van der Waals surface area (Å²) in [4.78, 5) is 13.4. The molecule has 1 aromatic rings. The highest BCUT2D eigenvalue weighted by molar-refractivity contribution is 5.87. The number of hydrogen-bond donors (Lipinski definition) is 0. The fourth-order valence-electron chi connectivity index (χ4n) is 1.52. The second kappa shape index (κ2) is 8.99. The van der Waals surface area contributed by atoms with E-state index >= 15 is 0 Å². The summed E-state index contributed by atoms with van der Waals surface area (Å²) in [7, 11) is 5.09. The molecule has 0 aliphatic carbocycles. The summed E-state index contributed by atoms with van der Waals surface area (Å²) in [6.07, 6.45) is 2.77. The van der Waals surface area contributed by atoms with Gasteiger partial charge in [0.1, 0.15) is 6.61 Å². The average Bonchev–Trinajstić information content (AvgIpc) is 2.45. The van der Waals surface area contributed by atoms with Gasteiger partial charge in [-0.15, -0.1) is 0 Å². The van der Waals surface area contributed by atoms with Gasteiger partial charge < -0.3 is 19.1 Å². The van der Waals surface area contributed by atoms with E-state index in [1.54, 1.807) is 0 Å². The Hall–Kier alpha value is -2.15. The van der Waals surface area contributed by atoms with Crippen molar-refractivity contribution in [3.05, 3.63) is 29.8 Å². The summed E-state index contributed by atoms with van der Waals surface area (Å²) in [6.45, 7) is -2.00. The monoisotopic (exact) mass is 315 g/mol. The summed E-state index contributed by atoms with van der Waals surface area (Å²) >= 11 is 0. The molecule has 5 nitrogen and oxygen atoms in total. The van der Waals surface area contributed by atoms with E-state index in [1.165, 1.54) is 37.5 Å². The van der Waals surface area contributed by atoms with Crippen molar-refractivity contribution in [2.45, 2.75) is 6.61 Å². The van der Waals surface area contributed by atoms with E-state index in [4.69, 9.17) is 9.47 Å². The van der Waals surface area contributed by atoms with Crippen LogP contribution in [-0.2, 0) is 9.53 Å². The smallest absolute Gasteiger partial charge is 0.387 e. The number of carbonyl (C=O) groups excluding carboxylic acids is 1. The number of nitrogens with zero attached hydrogens (tertiary/aromatic N) is 1. The fraction of sp³-hybridized carbons (Fsp3) is 0.400. The first-order valence-corrected chi connectivity index (χ1v) is 6.54. The molecular weight excluding hydrogens is 296 g/mol. The van der Waals surface area contributed by atoms with Crippen LogP contribution in [0.5, 0.6) is 11.5 Å². The zero-order chi connectivity index (χ0) is 16.5. The van der Waals surface area contributed by atoms with Crippen LogP contribution in [0.4, 0.5) is 8.78 Å². The van der Waals surface area contributed by atoms with E-state index in [2.05, 4.69) is 4.74 Å². The molecule has 0 aliphatic rings. The van der Waals surface area contributed by atoms with Crippen molar-refractivity contribution >= 4 is 12.0 Å². The molecule has 0 amide bonds. The molecule has 0 atom stereocenters. The van der Waals surface area contributed by atoms with Crippen molar-refractivity contribution in [1.29, 1.82) is 0 Å². The van der Waals surface area contributed by atoms with Crippen LogP contribution in [0, 0.1) is 0 Å². The molecule has 1 rings (SSSR count). The van der Waals surface area contributed by atoms with Gasteiger partial charge in [0.2, 0.25) is 0 Å². The first-order valence-electron chi connectivity index (χ1n) is 6.54. The summed E-state index contributed by atoms with van der Waals surface area (Å²) in [5.74, 6) is -0.389. The number of hydrogen-bond acceptors (Lipinski definition) is 5. The maximum Gasteiger partial charge on any atom is 0.387 e. The standard InChI is InChI=1S/C15H19F2NO4/c1-18(2)8-9-21-14(19)7-5-11-4-6-12(22-15(16)17)13(10-11)20-3/h4-7,10,15H,8-9H2,1-3H3/b7-5+. The van der Waals surface area contributed by atoms with Crippen LogP contribution in [0.25, 0.3) is 6.08 Å². The molecule has 0 saturated carbocycles. The second-order valence-corrected chi connectivity index (χ2v) is 4.59. The Morgan fingerprint density at radius 2 is 2.05 bits per heavy atom. The molecule has 0 aromatic heterocycles. The molecule has 0 radical (unpaired) electrons. The Morgan fingerprint density at radius 1 is 1.32 bits per heavy atom. The number of esters is 1. The van der Waals surface area contributed by atoms with Crippen molar-refractivity contribution < 1.29 is 27.8 Å². The maximum absolute atomic E-state index is 12.2. The van der Waals surface area contributed by atoms with Crippen molar-refractivity contribution in [1.82, 2.24) is 4.90 Å². The second-order valence-electron chi connectivity index (χ2n) is 4.59. The third kappa shape index (κ3) is 6.53. The molecule has 0 saturated heterocycles. The molecule has 122 valence electrons. The lowest BCUT2D eigenvalue weighted by Gasteiger charge is -2.10. The molecule has 22 heavy (non-hydrogen) atoms. The summed E-state index contributed by atoms with van der Waals surface area (Å²) < 4.78 is 38.7. The number of likely N-dealkylation sites (N-methyl/N-ethyl adjacent to an activating group) is 1. The third-order valence-electron chi connectivity index (χ3n) is 2.60. The number of methoxy groups -OCH3 is 1. The molecule has 0 N–H and O–H groups in total. The molecule has 0 fully saturated rings. The van der Waals surface area contributed by atoms with E-state index in [1.807, 2.05) is 19.0 Å². The van der Waals surface area contributed by atoms with Gasteiger partial charge in [-0.25, -0.2) is 4.79 Å². The number of alkyl halides is 2. The topological polar surface area (TPSA) is 48.0 Å². The van der Waals surface area contributed by atoms with Gasteiger partial charge in [-0.05, 0) is 37.9 Å². The van der Waals surface area contributed by atoms with Crippen LogP contribution < -0.4 is 9.47 Å². The van der Waals surface area contributed by atoms with Crippen molar-refractivity contribution in [2.75, 3.05) is 34.4 Å². The Balaban J connectivity index is 2.65. The molecular formula is C15H19F2NO4. The van der Waals surface area contributed by atoms with Gasteiger partial charge in [-0.2, -0.15) is 8.78 Å². The Kier molecular flexibility index (Phi) is 7.31. The summed E-state index contributed by atoms with van der Waals surface area (Å²) in [6, 6.07) is 4.37. The molecule has 0 bridgehead atoms.